The number of carbonyl (C=O) groups is 1. The third-order valence-corrected chi connectivity index (χ3v) is 6.13. The summed E-state index contributed by atoms with van der Waals surface area (Å²) in [6.07, 6.45) is 0. The topological polar surface area (TPSA) is 239 Å². The quantitative estimate of drug-likeness (QED) is 0.242. The zero-order valence-electron chi connectivity index (χ0n) is 19.6. The molecule has 19 heteroatoms. The maximum atomic E-state index is 12.0. The van der Waals surface area contributed by atoms with Crippen LogP contribution in [0.2, 0.25) is 0 Å². The van der Waals surface area contributed by atoms with E-state index >= 15 is 0 Å². The molecule has 35 heavy (non-hydrogen) atoms. The molecule has 1 heterocycles. The SMILES string of the molecule is CC(=O)ON1C(C)(C)C(CO[N+](=O)[O-])C(CO[N+](=O)[O-])C(CO[N+](=O)[O-])C(CO[N+](=O)[O-])C1(C)C. The molecule has 0 saturated carbocycles. The molecule has 0 aliphatic carbocycles. The van der Waals surface area contributed by atoms with E-state index in [0.717, 1.165) is 12.0 Å². The van der Waals surface area contributed by atoms with Crippen molar-refractivity contribution in [2.75, 3.05) is 26.4 Å². The van der Waals surface area contributed by atoms with Crippen LogP contribution in [-0.4, -0.2) is 68.9 Å². The molecule has 0 aromatic rings. The van der Waals surface area contributed by atoms with Crippen LogP contribution >= 0.6 is 0 Å². The molecule has 4 atom stereocenters. The molecule has 0 amide bonds. The zero-order chi connectivity index (χ0) is 27.1. The summed E-state index contributed by atoms with van der Waals surface area (Å²) in [5.41, 5.74) is -2.79. The molecule has 1 aliphatic rings. The molecule has 4 unspecified atom stereocenters. The Hall–Kier alpha value is -3.77. The fourth-order valence-corrected chi connectivity index (χ4v) is 4.76. The molecule has 0 aromatic carbocycles. The molecular formula is C16H27N5O14. The molecule has 200 valence electrons. The Labute approximate surface area is 197 Å². The van der Waals surface area contributed by atoms with Crippen molar-refractivity contribution in [3.8, 4) is 0 Å². The molecule has 0 radical (unpaired) electrons. The highest BCUT2D eigenvalue weighted by Crippen LogP contribution is 2.49. The van der Waals surface area contributed by atoms with Gasteiger partial charge in [-0.2, -0.15) is 0 Å². The highest BCUT2D eigenvalue weighted by atomic mass is 17.0. The van der Waals surface area contributed by atoms with Gasteiger partial charge in [-0.05, 0) is 39.5 Å². The van der Waals surface area contributed by atoms with Gasteiger partial charge in [-0.1, -0.05) is 0 Å². The van der Waals surface area contributed by atoms with Gasteiger partial charge in [-0.3, -0.25) is 4.79 Å². The Bertz CT molecular complexity index is 762. The van der Waals surface area contributed by atoms with Crippen LogP contribution in [-0.2, 0) is 29.0 Å². The zero-order valence-corrected chi connectivity index (χ0v) is 19.6. The Balaban J connectivity index is 3.82. The summed E-state index contributed by atoms with van der Waals surface area (Å²) in [5, 5.41) is 40.6. The van der Waals surface area contributed by atoms with Gasteiger partial charge in [0, 0.05) is 18.8 Å². The third-order valence-electron chi connectivity index (χ3n) is 6.13. The second-order valence-corrected chi connectivity index (χ2v) is 8.80. The van der Waals surface area contributed by atoms with Crippen LogP contribution in [0.25, 0.3) is 0 Å². The van der Waals surface area contributed by atoms with E-state index in [9.17, 15) is 45.3 Å². The second-order valence-electron chi connectivity index (χ2n) is 8.80. The lowest BCUT2D eigenvalue weighted by molar-refractivity contribution is -0.768. The highest BCUT2D eigenvalue weighted by molar-refractivity contribution is 5.65. The summed E-state index contributed by atoms with van der Waals surface area (Å²) in [6, 6.07) is 0. The minimum Gasteiger partial charge on any atom is -0.367 e. The average molecular weight is 513 g/mol. The van der Waals surface area contributed by atoms with Crippen molar-refractivity contribution in [2.45, 2.75) is 45.7 Å². The summed E-state index contributed by atoms with van der Waals surface area (Å²) >= 11 is 0. The first-order valence-electron chi connectivity index (χ1n) is 10.1. The Morgan fingerprint density at radius 1 is 0.686 bits per heavy atom. The normalized spacial score (nSPS) is 25.4. The molecule has 0 spiro atoms. The maximum absolute atomic E-state index is 12.0. The molecule has 1 aliphatic heterocycles. The summed E-state index contributed by atoms with van der Waals surface area (Å²) in [5.74, 6) is -5.39. The molecule has 1 saturated heterocycles. The van der Waals surface area contributed by atoms with Crippen LogP contribution in [0.4, 0.5) is 0 Å². The van der Waals surface area contributed by atoms with Crippen molar-refractivity contribution in [1.82, 2.24) is 5.06 Å². The number of carbonyl (C=O) groups excluding carboxylic acids is 1. The second kappa shape index (κ2) is 11.6. The molecule has 0 N–H and O–H groups in total. The summed E-state index contributed by atoms with van der Waals surface area (Å²) in [4.78, 5) is 79.5. The van der Waals surface area contributed by atoms with Gasteiger partial charge in [0.15, 0.2) is 0 Å². The number of hydroxylamine groups is 2. The van der Waals surface area contributed by atoms with Crippen molar-refractivity contribution in [3.05, 3.63) is 40.5 Å². The number of hydrogen-bond acceptors (Lipinski definition) is 15. The van der Waals surface area contributed by atoms with E-state index in [1.165, 1.54) is 27.7 Å². The van der Waals surface area contributed by atoms with Crippen LogP contribution in [0.15, 0.2) is 0 Å². The predicted octanol–water partition coefficient (Wildman–Crippen LogP) is 0.635. The van der Waals surface area contributed by atoms with E-state index in [1.807, 2.05) is 0 Å². The van der Waals surface area contributed by atoms with Gasteiger partial charge >= 0.3 is 5.97 Å². The highest BCUT2D eigenvalue weighted by Gasteiger charge is 2.59. The van der Waals surface area contributed by atoms with Gasteiger partial charge in [0.25, 0.3) is 20.3 Å². The van der Waals surface area contributed by atoms with Crippen LogP contribution < -0.4 is 0 Å². The first kappa shape index (κ1) is 29.3. The van der Waals surface area contributed by atoms with Crippen molar-refractivity contribution >= 4 is 5.97 Å². The Morgan fingerprint density at radius 3 is 1.23 bits per heavy atom. The molecule has 19 nitrogen and oxygen atoms in total. The van der Waals surface area contributed by atoms with Gasteiger partial charge < -0.3 is 24.2 Å². The van der Waals surface area contributed by atoms with Crippen molar-refractivity contribution in [1.29, 1.82) is 0 Å². The smallest absolute Gasteiger partial charge is 0.322 e. The van der Waals surface area contributed by atoms with Crippen molar-refractivity contribution < 1.29 is 49.3 Å². The summed E-state index contributed by atoms with van der Waals surface area (Å²) in [7, 11) is 0. The Kier molecular flexibility index (Phi) is 9.68. The van der Waals surface area contributed by atoms with Crippen LogP contribution in [0.3, 0.4) is 0 Å². The van der Waals surface area contributed by atoms with E-state index < -0.39 is 87.5 Å². The van der Waals surface area contributed by atoms with Crippen molar-refractivity contribution in [2.24, 2.45) is 23.7 Å². The predicted molar refractivity (Wildman–Crippen MR) is 108 cm³/mol. The molecule has 0 bridgehead atoms. The Morgan fingerprint density at radius 2 is 0.971 bits per heavy atom. The minimum atomic E-state index is -1.40. The lowest BCUT2D eigenvalue weighted by Gasteiger charge is -2.49. The molecule has 1 fully saturated rings. The average Bonchev–Trinajstić information content (AvgIpc) is 2.73. The lowest BCUT2D eigenvalue weighted by Crippen LogP contribution is -2.61. The fraction of sp³-hybridized carbons (Fsp3) is 0.938. The maximum Gasteiger partial charge on any atom is 0.322 e. The lowest BCUT2D eigenvalue weighted by atomic mass is 9.69. The number of hydrogen-bond donors (Lipinski definition) is 0. The number of nitrogens with zero attached hydrogens (tertiary/aromatic N) is 5. The van der Waals surface area contributed by atoms with Gasteiger partial charge in [-0.15, -0.1) is 45.5 Å². The molecule has 0 aromatic heterocycles. The van der Waals surface area contributed by atoms with Gasteiger partial charge in [0.05, 0.1) is 11.1 Å². The molecular weight excluding hydrogens is 486 g/mol. The molecule has 1 rings (SSSR count). The van der Waals surface area contributed by atoms with E-state index in [4.69, 9.17) is 4.84 Å². The van der Waals surface area contributed by atoms with Gasteiger partial charge in [0.1, 0.15) is 26.4 Å². The first-order valence-corrected chi connectivity index (χ1v) is 10.1. The van der Waals surface area contributed by atoms with E-state index in [-0.39, 0.29) is 0 Å². The summed E-state index contributed by atoms with van der Waals surface area (Å²) in [6.45, 7) is 4.16. The summed E-state index contributed by atoms with van der Waals surface area (Å²) < 4.78 is 0. The standard InChI is InChI=1S/C16H27N5O14/c1-10(22)35-17-15(2,3)13(8-33-20(27)28)11(6-31-18(23)24)12(7-32-19(25)26)14(16(17,4)5)9-34-21(29)30/h11-14H,6-9H2,1-5H3. The van der Waals surface area contributed by atoms with E-state index in [0.29, 0.717) is 0 Å². The fourth-order valence-electron chi connectivity index (χ4n) is 4.76. The monoisotopic (exact) mass is 513 g/mol. The third kappa shape index (κ3) is 7.62. The minimum absolute atomic E-state index is 0.697. The van der Waals surface area contributed by atoms with Crippen molar-refractivity contribution in [3.63, 3.8) is 0 Å². The van der Waals surface area contributed by atoms with E-state index in [1.54, 1.807) is 0 Å². The van der Waals surface area contributed by atoms with Crippen LogP contribution in [0.5, 0.6) is 0 Å². The number of rotatable bonds is 13. The first-order chi connectivity index (χ1) is 16.0. The van der Waals surface area contributed by atoms with Crippen LogP contribution in [0, 0.1) is 64.1 Å². The van der Waals surface area contributed by atoms with Crippen LogP contribution in [0.1, 0.15) is 34.6 Å². The van der Waals surface area contributed by atoms with Gasteiger partial charge in [-0.25, -0.2) is 0 Å². The van der Waals surface area contributed by atoms with Gasteiger partial charge in [0.2, 0.25) is 0 Å². The largest absolute Gasteiger partial charge is 0.367 e. The van der Waals surface area contributed by atoms with E-state index in [2.05, 4.69) is 19.4 Å².